The highest BCUT2D eigenvalue weighted by Crippen LogP contribution is 2.18. The summed E-state index contributed by atoms with van der Waals surface area (Å²) in [5, 5.41) is 0. The van der Waals surface area contributed by atoms with E-state index in [2.05, 4.69) is 0 Å². The minimum absolute atomic E-state index is 0.139. The third-order valence-corrected chi connectivity index (χ3v) is 2.83. The Morgan fingerprint density at radius 2 is 1.79 bits per heavy atom. The molecule has 0 aliphatic rings. The largest absolute Gasteiger partial charge is 0.294 e. The van der Waals surface area contributed by atoms with E-state index in [1.165, 1.54) is 37.3 Å². The predicted octanol–water partition coefficient (Wildman–Crippen LogP) is 3.84. The second kappa shape index (κ2) is 5.26. The summed E-state index contributed by atoms with van der Waals surface area (Å²) < 4.78 is 40.0. The SMILES string of the molecule is Cc1ccc(C(=O)Cc2cccc(F)c2)c(F)c1F. The molecule has 4 heteroatoms. The van der Waals surface area contributed by atoms with Gasteiger partial charge in [0.2, 0.25) is 0 Å². The Hall–Kier alpha value is -2.10. The van der Waals surface area contributed by atoms with Gasteiger partial charge in [-0.3, -0.25) is 4.79 Å². The van der Waals surface area contributed by atoms with E-state index in [9.17, 15) is 18.0 Å². The van der Waals surface area contributed by atoms with E-state index in [-0.39, 0.29) is 17.5 Å². The molecule has 2 rings (SSSR count). The standard InChI is InChI=1S/C15H11F3O/c1-9-5-6-12(15(18)14(9)17)13(19)8-10-3-2-4-11(16)7-10/h2-7H,8H2,1H3. The van der Waals surface area contributed by atoms with E-state index >= 15 is 0 Å². The third-order valence-electron chi connectivity index (χ3n) is 2.83. The molecule has 0 radical (unpaired) electrons. The van der Waals surface area contributed by atoms with Crippen molar-refractivity contribution in [2.24, 2.45) is 0 Å². The molecule has 0 heterocycles. The molecule has 0 aliphatic carbocycles. The van der Waals surface area contributed by atoms with Crippen molar-refractivity contribution in [3.05, 3.63) is 70.5 Å². The van der Waals surface area contributed by atoms with Crippen LogP contribution in [0.5, 0.6) is 0 Å². The Morgan fingerprint density at radius 1 is 1.05 bits per heavy atom. The monoisotopic (exact) mass is 264 g/mol. The highest BCUT2D eigenvalue weighted by Gasteiger charge is 2.17. The number of ketones is 1. The van der Waals surface area contributed by atoms with Crippen LogP contribution in [0.25, 0.3) is 0 Å². The van der Waals surface area contributed by atoms with Crippen molar-refractivity contribution in [1.29, 1.82) is 0 Å². The van der Waals surface area contributed by atoms with Crippen LogP contribution in [-0.2, 0) is 6.42 Å². The highest BCUT2D eigenvalue weighted by atomic mass is 19.2. The van der Waals surface area contributed by atoms with Gasteiger partial charge in [-0.15, -0.1) is 0 Å². The average molecular weight is 264 g/mol. The fraction of sp³-hybridized carbons (Fsp3) is 0.133. The molecule has 0 N–H and O–H groups in total. The molecular weight excluding hydrogens is 253 g/mol. The zero-order valence-electron chi connectivity index (χ0n) is 10.2. The van der Waals surface area contributed by atoms with Crippen LogP contribution in [0.1, 0.15) is 21.5 Å². The van der Waals surface area contributed by atoms with Gasteiger partial charge in [-0.2, -0.15) is 0 Å². The summed E-state index contributed by atoms with van der Waals surface area (Å²) in [5.74, 6) is -3.23. The lowest BCUT2D eigenvalue weighted by atomic mass is 10.0. The van der Waals surface area contributed by atoms with Crippen molar-refractivity contribution >= 4 is 5.78 Å². The molecule has 0 saturated carbocycles. The normalized spacial score (nSPS) is 10.5. The Bertz CT molecular complexity index is 635. The molecule has 2 aromatic carbocycles. The maximum absolute atomic E-state index is 13.6. The Kier molecular flexibility index (Phi) is 3.69. The highest BCUT2D eigenvalue weighted by molar-refractivity contribution is 5.97. The van der Waals surface area contributed by atoms with Crippen molar-refractivity contribution < 1.29 is 18.0 Å². The van der Waals surface area contributed by atoms with E-state index < -0.39 is 23.2 Å². The lowest BCUT2D eigenvalue weighted by molar-refractivity contribution is 0.0988. The molecule has 0 unspecified atom stereocenters. The summed E-state index contributed by atoms with van der Waals surface area (Å²) in [6.07, 6.45) is -0.169. The van der Waals surface area contributed by atoms with Gasteiger partial charge >= 0.3 is 0 Å². The van der Waals surface area contributed by atoms with Crippen LogP contribution in [0.4, 0.5) is 13.2 Å². The van der Waals surface area contributed by atoms with Crippen molar-refractivity contribution in [1.82, 2.24) is 0 Å². The number of hydrogen-bond donors (Lipinski definition) is 0. The molecule has 98 valence electrons. The second-order valence-electron chi connectivity index (χ2n) is 4.29. The minimum Gasteiger partial charge on any atom is -0.294 e. The van der Waals surface area contributed by atoms with Gasteiger partial charge in [0.25, 0.3) is 0 Å². The summed E-state index contributed by atoms with van der Waals surface area (Å²) in [6, 6.07) is 8.06. The van der Waals surface area contributed by atoms with Crippen molar-refractivity contribution in [2.75, 3.05) is 0 Å². The molecule has 0 spiro atoms. The molecule has 0 saturated heterocycles. The van der Waals surface area contributed by atoms with E-state index in [1.807, 2.05) is 0 Å². The molecule has 2 aromatic rings. The van der Waals surface area contributed by atoms with Gasteiger partial charge in [-0.05, 0) is 36.2 Å². The number of rotatable bonds is 3. The maximum atomic E-state index is 13.6. The number of halogens is 3. The van der Waals surface area contributed by atoms with Crippen LogP contribution in [0.15, 0.2) is 36.4 Å². The molecule has 1 nitrogen and oxygen atoms in total. The van der Waals surface area contributed by atoms with Crippen LogP contribution in [0, 0.1) is 24.4 Å². The van der Waals surface area contributed by atoms with Gasteiger partial charge in [-0.25, -0.2) is 13.2 Å². The number of benzene rings is 2. The molecule has 0 aliphatic heterocycles. The minimum atomic E-state index is -1.15. The van der Waals surface area contributed by atoms with Gasteiger partial charge in [0.05, 0.1) is 5.56 Å². The first-order valence-corrected chi connectivity index (χ1v) is 5.71. The van der Waals surface area contributed by atoms with E-state index in [0.717, 1.165) is 0 Å². The summed E-state index contributed by atoms with van der Waals surface area (Å²) in [6.45, 7) is 1.42. The van der Waals surface area contributed by atoms with E-state index in [1.54, 1.807) is 6.07 Å². The molecule has 19 heavy (non-hydrogen) atoms. The number of hydrogen-bond acceptors (Lipinski definition) is 1. The Balaban J connectivity index is 2.28. The van der Waals surface area contributed by atoms with Gasteiger partial charge in [0.1, 0.15) is 5.82 Å². The lowest BCUT2D eigenvalue weighted by Gasteiger charge is -2.05. The first-order chi connectivity index (χ1) is 8.99. The van der Waals surface area contributed by atoms with Crippen molar-refractivity contribution in [3.63, 3.8) is 0 Å². The van der Waals surface area contributed by atoms with E-state index in [4.69, 9.17) is 0 Å². The lowest BCUT2D eigenvalue weighted by Crippen LogP contribution is -2.08. The van der Waals surface area contributed by atoms with Crippen LogP contribution < -0.4 is 0 Å². The topological polar surface area (TPSA) is 17.1 Å². The summed E-state index contributed by atoms with van der Waals surface area (Å²) >= 11 is 0. The number of aryl methyl sites for hydroxylation is 1. The molecule has 0 fully saturated rings. The van der Waals surface area contributed by atoms with Crippen molar-refractivity contribution in [3.8, 4) is 0 Å². The van der Waals surface area contributed by atoms with Gasteiger partial charge in [0, 0.05) is 6.42 Å². The zero-order valence-corrected chi connectivity index (χ0v) is 10.2. The number of carbonyl (C=O) groups excluding carboxylic acids is 1. The molecule has 0 amide bonds. The van der Waals surface area contributed by atoms with Gasteiger partial charge in [-0.1, -0.05) is 18.2 Å². The molecular formula is C15H11F3O. The summed E-state index contributed by atoms with van der Waals surface area (Å²) in [7, 11) is 0. The van der Waals surface area contributed by atoms with Gasteiger partial charge < -0.3 is 0 Å². The van der Waals surface area contributed by atoms with Crippen LogP contribution >= 0.6 is 0 Å². The molecule has 0 bridgehead atoms. The van der Waals surface area contributed by atoms with Crippen LogP contribution in [0.2, 0.25) is 0 Å². The molecule has 0 atom stereocenters. The van der Waals surface area contributed by atoms with E-state index in [0.29, 0.717) is 5.56 Å². The Labute approximate surface area is 108 Å². The summed E-state index contributed by atoms with van der Waals surface area (Å²) in [4.78, 5) is 11.9. The number of Topliss-reactive ketones (excluding diaryl/α,β-unsaturated/α-hetero) is 1. The zero-order chi connectivity index (χ0) is 14.0. The second-order valence-corrected chi connectivity index (χ2v) is 4.29. The summed E-state index contributed by atoms with van der Waals surface area (Å²) in [5.41, 5.74) is 0.248. The third kappa shape index (κ3) is 2.84. The maximum Gasteiger partial charge on any atom is 0.170 e. The first kappa shape index (κ1) is 13.3. The fourth-order valence-corrected chi connectivity index (χ4v) is 1.79. The van der Waals surface area contributed by atoms with Crippen LogP contribution in [0.3, 0.4) is 0 Å². The molecule has 0 aromatic heterocycles. The number of carbonyl (C=O) groups is 1. The van der Waals surface area contributed by atoms with Crippen molar-refractivity contribution in [2.45, 2.75) is 13.3 Å². The quantitative estimate of drug-likeness (QED) is 0.770. The average Bonchev–Trinajstić information content (AvgIpc) is 2.36. The fourth-order valence-electron chi connectivity index (χ4n) is 1.79. The first-order valence-electron chi connectivity index (χ1n) is 5.71. The Morgan fingerprint density at radius 3 is 2.47 bits per heavy atom. The smallest absolute Gasteiger partial charge is 0.170 e. The predicted molar refractivity (Wildman–Crippen MR) is 65.5 cm³/mol. The van der Waals surface area contributed by atoms with Gasteiger partial charge in [0.15, 0.2) is 17.4 Å². The van der Waals surface area contributed by atoms with Crippen LogP contribution in [-0.4, -0.2) is 5.78 Å².